The zero-order valence-electron chi connectivity index (χ0n) is 13.8. The third-order valence-electron chi connectivity index (χ3n) is 3.42. The molecule has 1 heterocycles. The maximum atomic E-state index is 11.9. The number of hydrazone groups is 1. The molecule has 2 aromatic carbocycles. The number of phenols is 2. The Labute approximate surface area is 158 Å². The number of esters is 1. The van der Waals surface area contributed by atoms with Crippen molar-refractivity contribution < 1.29 is 24.5 Å². The number of rotatable bonds is 5. The summed E-state index contributed by atoms with van der Waals surface area (Å²) < 4.78 is 5.25. The van der Waals surface area contributed by atoms with Crippen molar-refractivity contribution in [2.45, 2.75) is 0 Å². The van der Waals surface area contributed by atoms with Gasteiger partial charge in [-0.05, 0) is 53.4 Å². The number of aromatic hydroxyl groups is 2. The van der Waals surface area contributed by atoms with Crippen molar-refractivity contribution in [3.8, 4) is 17.2 Å². The molecule has 0 fully saturated rings. The van der Waals surface area contributed by atoms with E-state index in [0.717, 1.165) is 6.07 Å². The Morgan fingerprint density at radius 2 is 1.85 bits per heavy atom. The molecule has 8 heteroatoms. The van der Waals surface area contributed by atoms with Gasteiger partial charge in [0.25, 0.3) is 5.91 Å². The van der Waals surface area contributed by atoms with Gasteiger partial charge in [-0.1, -0.05) is 6.07 Å². The number of nitrogens with zero attached hydrogens (tertiary/aromatic N) is 1. The van der Waals surface area contributed by atoms with Gasteiger partial charge in [-0.3, -0.25) is 4.79 Å². The van der Waals surface area contributed by atoms with Crippen LogP contribution in [0.3, 0.4) is 0 Å². The van der Waals surface area contributed by atoms with E-state index in [1.165, 1.54) is 29.7 Å². The highest BCUT2D eigenvalue weighted by Crippen LogP contribution is 2.22. The summed E-state index contributed by atoms with van der Waals surface area (Å²) in [6.45, 7) is 0. The minimum Gasteiger partial charge on any atom is -0.508 e. The van der Waals surface area contributed by atoms with Crippen molar-refractivity contribution in [2.24, 2.45) is 5.10 Å². The second kappa shape index (κ2) is 8.15. The van der Waals surface area contributed by atoms with Crippen molar-refractivity contribution >= 4 is 29.4 Å². The quantitative estimate of drug-likeness (QED) is 0.272. The normalized spacial score (nSPS) is 10.7. The van der Waals surface area contributed by atoms with Crippen LogP contribution in [0.4, 0.5) is 0 Å². The van der Waals surface area contributed by atoms with Crippen LogP contribution < -0.4 is 10.2 Å². The molecule has 3 aromatic rings. The van der Waals surface area contributed by atoms with Gasteiger partial charge in [0.2, 0.25) is 0 Å². The van der Waals surface area contributed by atoms with Crippen LogP contribution in [0.15, 0.2) is 65.1 Å². The van der Waals surface area contributed by atoms with Gasteiger partial charge in [0.05, 0.1) is 11.8 Å². The zero-order valence-corrected chi connectivity index (χ0v) is 14.6. The van der Waals surface area contributed by atoms with E-state index in [4.69, 9.17) is 4.74 Å². The lowest BCUT2D eigenvalue weighted by atomic mass is 10.2. The summed E-state index contributed by atoms with van der Waals surface area (Å²) in [5.41, 5.74) is 2.93. The molecule has 0 bridgehead atoms. The Morgan fingerprint density at radius 1 is 1.07 bits per heavy atom. The van der Waals surface area contributed by atoms with Gasteiger partial charge in [0.15, 0.2) is 0 Å². The summed E-state index contributed by atoms with van der Waals surface area (Å²) in [6.07, 6.45) is 1.40. The molecular formula is C19H14N2O5S. The first kappa shape index (κ1) is 18.2. The minimum atomic E-state index is -0.620. The van der Waals surface area contributed by atoms with Crippen molar-refractivity contribution in [1.29, 1.82) is 0 Å². The molecule has 136 valence electrons. The van der Waals surface area contributed by atoms with E-state index < -0.39 is 11.9 Å². The second-order valence-corrected chi connectivity index (χ2v) is 6.28. The largest absolute Gasteiger partial charge is 0.508 e. The highest BCUT2D eigenvalue weighted by molar-refractivity contribution is 7.12. The molecule has 3 N–H and O–H groups in total. The predicted octanol–water partition coefficient (Wildman–Crippen LogP) is 3.14. The number of carbonyl (C=O) groups excluding carboxylic acids is 2. The minimum absolute atomic E-state index is 0.0132. The fourth-order valence-corrected chi connectivity index (χ4v) is 2.71. The van der Waals surface area contributed by atoms with Gasteiger partial charge in [0.1, 0.15) is 22.1 Å². The topological polar surface area (TPSA) is 108 Å². The molecule has 3 rings (SSSR count). The van der Waals surface area contributed by atoms with Crippen LogP contribution >= 0.6 is 11.3 Å². The number of ether oxygens (including phenoxy) is 1. The van der Waals surface area contributed by atoms with Crippen LogP contribution in [-0.2, 0) is 0 Å². The van der Waals surface area contributed by atoms with E-state index in [2.05, 4.69) is 10.5 Å². The fraction of sp³-hybridized carbons (Fsp3) is 0. The fourth-order valence-electron chi connectivity index (χ4n) is 2.11. The van der Waals surface area contributed by atoms with Crippen LogP contribution in [0.5, 0.6) is 17.2 Å². The Balaban J connectivity index is 1.57. The summed E-state index contributed by atoms with van der Waals surface area (Å²) in [7, 11) is 0. The van der Waals surface area contributed by atoms with Crippen molar-refractivity contribution in [3.63, 3.8) is 0 Å². The summed E-state index contributed by atoms with van der Waals surface area (Å²) in [5.74, 6) is -1.15. The lowest BCUT2D eigenvalue weighted by Crippen LogP contribution is -2.17. The van der Waals surface area contributed by atoms with E-state index in [-0.39, 0.29) is 17.1 Å². The molecule has 0 atom stereocenters. The first-order chi connectivity index (χ1) is 13.0. The molecule has 0 saturated heterocycles. The van der Waals surface area contributed by atoms with Crippen LogP contribution in [0.25, 0.3) is 0 Å². The van der Waals surface area contributed by atoms with Crippen molar-refractivity contribution in [2.75, 3.05) is 0 Å². The first-order valence-electron chi connectivity index (χ1n) is 7.74. The number of amides is 1. The first-order valence-corrected chi connectivity index (χ1v) is 8.62. The Bertz CT molecular complexity index is 982. The number of phenolic OH excluding ortho intramolecular Hbond substituents is 2. The molecule has 1 amide bonds. The van der Waals surface area contributed by atoms with E-state index in [1.54, 1.807) is 41.8 Å². The SMILES string of the molecule is O=C(Oc1ccc(C=NNC(=O)c2ccc(O)cc2O)cc1)c1cccs1. The van der Waals surface area contributed by atoms with Crippen LogP contribution in [0.2, 0.25) is 0 Å². The maximum Gasteiger partial charge on any atom is 0.353 e. The van der Waals surface area contributed by atoms with Gasteiger partial charge in [-0.15, -0.1) is 11.3 Å². The van der Waals surface area contributed by atoms with Crippen LogP contribution in [0, 0.1) is 0 Å². The van der Waals surface area contributed by atoms with Gasteiger partial charge in [0, 0.05) is 6.07 Å². The lowest BCUT2D eigenvalue weighted by Gasteiger charge is -2.04. The molecule has 0 aliphatic heterocycles. The van der Waals surface area contributed by atoms with E-state index >= 15 is 0 Å². The molecule has 0 aliphatic rings. The number of nitrogens with one attached hydrogen (secondary N) is 1. The van der Waals surface area contributed by atoms with E-state index in [0.29, 0.717) is 16.2 Å². The van der Waals surface area contributed by atoms with Gasteiger partial charge < -0.3 is 14.9 Å². The number of thiophene rings is 1. The average molecular weight is 382 g/mol. The van der Waals surface area contributed by atoms with E-state index in [9.17, 15) is 19.8 Å². The summed E-state index contributed by atoms with van der Waals surface area (Å²) in [4.78, 5) is 24.3. The smallest absolute Gasteiger partial charge is 0.353 e. The van der Waals surface area contributed by atoms with Gasteiger partial charge in [-0.2, -0.15) is 5.10 Å². The molecule has 1 aromatic heterocycles. The average Bonchev–Trinajstić information content (AvgIpc) is 3.18. The molecular weight excluding hydrogens is 368 g/mol. The molecule has 27 heavy (non-hydrogen) atoms. The molecule has 7 nitrogen and oxygen atoms in total. The maximum absolute atomic E-state index is 11.9. The Hall–Kier alpha value is -3.65. The third-order valence-corrected chi connectivity index (χ3v) is 4.27. The Kier molecular flexibility index (Phi) is 5.48. The molecule has 0 radical (unpaired) electrons. The van der Waals surface area contributed by atoms with Crippen LogP contribution in [0.1, 0.15) is 25.6 Å². The van der Waals surface area contributed by atoms with E-state index in [1.807, 2.05) is 0 Å². The molecule has 0 spiro atoms. The predicted molar refractivity (Wildman–Crippen MR) is 101 cm³/mol. The summed E-state index contributed by atoms with van der Waals surface area (Å²) >= 11 is 1.30. The third kappa shape index (κ3) is 4.71. The number of carbonyl (C=O) groups is 2. The van der Waals surface area contributed by atoms with Crippen molar-refractivity contribution in [3.05, 3.63) is 76.0 Å². The van der Waals surface area contributed by atoms with Gasteiger partial charge >= 0.3 is 5.97 Å². The zero-order chi connectivity index (χ0) is 19.2. The van der Waals surface area contributed by atoms with Crippen LogP contribution in [-0.4, -0.2) is 28.3 Å². The molecule has 0 unspecified atom stereocenters. The Morgan fingerprint density at radius 3 is 2.52 bits per heavy atom. The summed E-state index contributed by atoms with van der Waals surface area (Å²) in [6, 6.07) is 13.7. The van der Waals surface area contributed by atoms with Crippen molar-refractivity contribution in [1.82, 2.24) is 5.43 Å². The number of hydrogen-bond acceptors (Lipinski definition) is 7. The van der Waals surface area contributed by atoms with Gasteiger partial charge in [-0.25, -0.2) is 10.2 Å². The monoisotopic (exact) mass is 382 g/mol. The number of benzene rings is 2. The standard InChI is InChI=1S/C19H14N2O5S/c22-13-5-8-15(16(23)10-13)18(24)21-20-11-12-3-6-14(7-4-12)26-19(25)17-2-1-9-27-17/h1-11,22-23H,(H,21,24). The number of hydrogen-bond donors (Lipinski definition) is 3. The highest BCUT2D eigenvalue weighted by atomic mass is 32.1. The lowest BCUT2D eigenvalue weighted by molar-refractivity contribution is 0.0739. The molecule has 0 aliphatic carbocycles. The highest BCUT2D eigenvalue weighted by Gasteiger charge is 2.11. The molecule has 0 saturated carbocycles. The second-order valence-electron chi connectivity index (χ2n) is 5.34. The summed E-state index contributed by atoms with van der Waals surface area (Å²) in [5, 5.41) is 24.5.